The summed E-state index contributed by atoms with van der Waals surface area (Å²) in [5.74, 6) is 0.392. The average molecular weight is 260 g/mol. The molecule has 1 fully saturated rings. The molecule has 0 spiro atoms. The number of anilines is 1. The van der Waals surface area contributed by atoms with Gasteiger partial charge in [-0.2, -0.15) is 0 Å². The molecule has 1 aliphatic rings. The van der Waals surface area contributed by atoms with Crippen molar-refractivity contribution in [1.82, 2.24) is 9.97 Å². The van der Waals surface area contributed by atoms with Crippen LogP contribution in [0.2, 0.25) is 0 Å². The topological polar surface area (TPSA) is 38.2 Å². The molecule has 0 aliphatic carbocycles. The van der Waals surface area contributed by atoms with E-state index in [4.69, 9.17) is 16.3 Å². The molecular formula is C11H15ClFN3O. The second kappa shape index (κ2) is 5.60. The van der Waals surface area contributed by atoms with Crippen LogP contribution in [0.25, 0.3) is 0 Å². The van der Waals surface area contributed by atoms with Gasteiger partial charge in [0.05, 0.1) is 24.9 Å². The van der Waals surface area contributed by atoms with Crippen LogP contribution in [0.1, 0.15) is 12.6 Å². The molecule has 2 rings (SSSR count). The zero-order valence-electron chi connectivity index (χ0n) is 9.70. The van der Waals surface area contributed by atoms with Crippen LogP contribution in [-0.2, 0) is 11.2 Å². The Morgan fingerprint density at radius 1 is 1.59 bits per heavy atom. The fourth-order valence-electron chi connectivity index (χ4n) is 1.90. The van der Waals surface area contributed by atoms with Crippen LogP contribution < -0.4 is 4.90 Å². The lowest BCUT2D eigenvalue weighted by molar-refractivity contribution is 0.0989. The van der Waals surface area contributed by atoms with Crippen molar-refractivity contribution in [3.8, 4) is 0 Å². The van der Waals surface area contributed by atoms with Crippen LogP contribution in [0.3, 0.4) is 0 Å². The van der Waals surface area contributed by atoms with E-state index in [-0.39, 0.29) is 11.9 Å². The zero-order chi connectivity index (χ0) is 12.3. The van der Waals surface area contributed by atoms with Gasteiger partial charge >= 0.3 is 0 Å². The van der Waals surface area contributed by atoms with E-state index < -0.39 is 0 Å². The molecule has 0 saturated carbocycles. The van der Waals surface area contributed by atoms with Crippen molar-refractivity contribution < 1.29 is 9.13 Å². The minimum Gasteiger partial charge on any atom is -0.377 e. The Morgan fingerprint density at radius 2 is 2.41 bits per heavy atom. The summed E-state index contributed by atoms with van der Waals surface area (Å²) in [4.78, 5) is 9.83. The number of rotatable bonds is 3. The van der Waals surface area contributed by atoms with Gasteiger partial charge in [-0.1, -0.05) is 6.92 Å². The summed E-state index contributed by atoms with van der Waals surface area (Å²) in [6.07, 6.45) is 1.95. The van der Waals surface area contributed by atoms with E-state index in [1.807, 2.05) is 11.8 Å². The fraction of sp³-hybridized carbons (Fsp3) is 0.636. The number of morpholine rings is 1. The van der Waals surface area contributed by atoms with Crippen molar-refractivity contribution in [3.63, 3.8) is 0 Å². The number of halogens is 2. The molecule has 0 amide bonds. The standard InChI is InChI=1S/C11H15ClFN3O/c1-2-9-10(13)11(15-7-14-9)16-3-4-17-6-8(16)5-12/h7-8H,2-6H2,1H3. The molecule has 0 aromatic carbocycles. The first-order valence-electron chi connectivity index (χ1n) is 5.67. The third kappa shape index (κ3) is 2.50. The second-order valence-corrected chi connectivity index (χ2v) is 4.20. The lowest BCUT2D eigenvalue weighted by atomic mass is 10.2. The number of ether oxygens (including phenoxy) is 1. The second-order valence-electron chi connectivity index (χ2n) is 3.89. The van der Waals surface area contributed by atoms with Gasteiger partial charge in [-0.25, -0.2) is 14.4 Å². The van der Waals surface area contributed by atoms with Crippen molar-refractivity contribution >= 4 is 17.4 Å². The van der Waals surface area contributed by atoms with Gasteiger partial charge in [0, 0.05) is 12.4 Å². The van der Waals surface area contributed by atoms with Gasteiger partial charge in [-0.3, -0.25) is 0 Å². The Kier molecular flexibility index (Phi) is 4.12. The molecule has 1 aromatic heterocycles. The maximum Gasteiger partial charge on any atom is 0.187 e. The molecule has 1 atom stereocenters. The monoisotopic (exact) mass is 259 g/mol. The van der Waals surface area contributed by atoms with E-state index in [9.17, 15) is 4.39 Å². The fourth-order valence-corrected chi connectivity index (χ4v) is 2.16. The normalized spacial score (nSPS) is 20.6. The van der Waals surface area contributed by atoms with Crippen molar-refractivity contribution in [2.45, 2.75) is 19.4 Å². The van der Waals surface area contributed by atoms with Crippen LogP contribution in [-0.4, -0.2) is 41.6 Å². The minimum absolute atomic E-state index is 0.0282. The molecule has 4 nitrogen and oxygen atoms in total. The quantitative estimate of drug-likeness (QED) is 0.774. The molecule has 1 aliphatic heterocycles. The number of aromatic nitrogens is 2. The lowest BCUT2D eigenvalue weighted by Crippen LogP contribution is -2.47. The summed E-state index contributed by atoms with van der Waals surface area (Å²) in [5, 5.41) is 0. The Morgan fingerprint density at radius 3 is 3.12 bits per heavy atom. The van der Waals surface area contributed by atoms with Gasteiger partial charge in [0.2, 0.25) is 0 Å². The Balaban J connectivity index is 2.31. The summed E-state index contributed by atoms with van der Waals surface area (Å²) < 4.78 is 19.4. The van der Waals surface area contributed by atoms with E-state index in [0.717, 1.165) is 0 Å². The molecule has 0 radical (unpaired) electrons. The highest BCUT2D eigenvalue weighted by atomic mass is 35.5. The molecule has 0 N–H and O–H groups in total. The molecule has 0 bridgehead atoms. The lowest BCUT2D eigenvalue weighted by Gasteiger charge is -2.35. The highest BCUT2D eigenvalue weighted by Gasteiger charge is 2.26. The third-order valence-electron chi connectivity index (χ3n) is 2.86. The van der Waals surface area contributed by atoms with Crippen LogP contribution in [0.4, 0.5) is 10.2 Å². The van der Waals surface area contributed by atoms with E-state index >= 15 is 0 Å². The Bertz CT molecular complexity index is 391. The third-order valence-corrected chi connectivity index (χ3v) is 3.21. The number of nitrogens with zero attached hydrogens (tertiary/aromatic N) is 3. The highest BCUT2D eigenvalue weighted by molar-refractivity contribution is 6.18. The van der Waals surface area contributed by atoms with Crippen molar-refractivity contribution in [3.05, 3.63) is 17.8 Å². The predicted molar refractivity (Wildman–Crippen MR) is 64.0 cm³/mol. The summed E-state index contributed by atoms with van der Waals surface area (Å²) >= 11 is 5.86. The van der Waals surface area contributed by atoms with Gasteiger partial charge < -0.3 is 9.64 Å². The summed E-state index contributed by atoms with van der Waals surface area (Å²) in [7, 11) is 0. The van der Waals surface area contributed by atoms with Crippen molar-refractivity contribution in [2.75, 3.05) is 30.5 Å². The van der Waals surface area contributed by atoms with Gasteiger partial charge in [0.15, 0.2) is 11.6 Å². The zero-order valence-corrected chi connectivity index (χ0v) is 10.5. The smallest absolute Gasteiger partial charge is 0.187 e. The predicted octanol–water partition coefficient (Wildman–Crippen LogP) is 1.62. The molecule has 17 heavy (non-hydrogen) atoms. The number of aryl methyl sites for hydroxylation is 1. The van der Waals surface area contributed by atoms with Crippen molar-refractivity contribution in [2.24, 2.45) is 0 Å². The maximum atomic E-state index is 14.1. The molecule has 6 heteroatoms. The van der Waals surface area contributed by atoms with Gasteiger partial charge in [-0.15, -0.1) is 11.6 Å². The minimum atomic E-state index is -0.341. The van der Waals surface area contributed by atoms with Gasteiger partial charge in [0.25, 0.3) is 0 Å². The van der Waals surface area contributed by atoms with Crippen molar-refractivity contribution in [1.29, 1.82) is 0 Å². The van der Waals surface area contributed by atoms with E-state index in [2.05, 4.69) is 9.97 Å². The summed E-state index contributed by atoms with van der Waals surface area (Å²) in [6, 6.07) is -0.0282. The molecular weight excluding hydrogens is 245 g/mol. The summed E-state index contributed by atoms with van der Waals surface area (Å²) in [5.41, 5.74) is 0.440. The van der Waals surface area contributed by atoms with Crippen LogP contribution >= 0.6 is 11.6 Å². The number of hydrogen-bond donors (Lipinski definition) is 0. The number of hydrogen-bond acceptors (Lipinski definition) is 4. The molecule has 2 heterocycles. The highest BCUT2D eigenvalue weighted by Crippen LogP contribution is 2.22. The first kappa shape index (κ1) is 12.5. The van der Waals surface area contributed by atoms with Gasteiger partial charge in [-0.05, 0) is 6.42 Å². The van der Waals surface area contributed by atoms with E-state index in [0.29, 0.717) is 43.6 Å². The number of alkyl halides is 1. The van der Waals surface area contributed by atoms with E-state index in [1.165, 1.54) is 6.33 Å². The largest absolute Gasteiger partial charge is 0.377 e. The molecule has 94 valence electrons. The first-order chi connectivity index (χ1) is 8.27. The Hall–Kier alpha value is -0.940. The van der Waals surface area contributed by atoms with E-state index in [1.54, 1.807) is 0 Å². The van der Waals surface area contributed by atoms with Gasteiger partial charge in [0.1, 0.15) is 6.33 Å². The molecule has 1 unspecified atom stereocenters. The van der Waals surface area contributed by atoms with Crippen LogP contribution in [0.15, 0.2) is 6.33 Å². The molecule has 1 saturated heterocycles. The first-order valence-corrected chi connectivity index (χ1v) is 6.21. The maximum absolute atomic E-state index is 14.1. The SMILES string of the molecule is CCc1ncnc(N2CCOCC2CCl)c1F. The average Bonchev–Trinajstić information content (AvgIpc) is 2.39. The summed E-state index contributed by atoms with van der Waals surface area (Å²) in [6.45, 7) is 3.55. The Labute approximate surface area is 105 Å². The van der Waals surface area contributed by atoms with Crippen LogP contribution in [0.5, 0.6) is 0 Å². The molecule has 1 aromatic rings. The van der Waals surface area contributed by atoms with Crippen LogP contribution in [0, 0.1) is 5.82 Å².